The second-order valence-electron chi connectivity index (χ2n) is 6.84. The maximum Gasteiger partial charge on any atom is 0.322 e. The molecule has 2 amide bonds. The lowest BCUT2D eigenvalue weighted by Crippen LogP contribution is -2.50. The first kappa shape index (κ1) is 16.6. The number of amides is 2. The van der Waals surface area contributed by atoms with E-state index in [1.54, 1.807) is 0 Å². The number of hydrogen-bond donors (Lipinski definition) is 1. The molecule has 0 saturated carbocycles. The van der Waals surface area contributed by atoms with Gasteiger partial charge in [-0.2, -0.15) is 0 Å². The Bertz CT molecular complexity index is 904. The second kappa shape index (κ2) is 7.18. The summed E-state index contributed by atoms with van der Waals surface area (Å²) >= 11 is 0. The predicted octanol–water partition coefficient (Wildman–Crippen LogP) is 4.36. The average molecular weight is 345 g/mol. The number of nitrogens with one attached hydrogen (secondary N) is 1. The lowest BCUT2D eigenvalue weighted by molar-refractivity contribution is 0.117. The van der Waals surface area contributed by atoms with Gasteiger partial charge in [-0.05, 0) is 24.1 Å². The first-order valence-electron chi connectivity index (χ1n) is 9.01. The molecule has 0 unspecified atom stereocenters. The molecule has 1 saturated heterocycles. The van der Waals surface area contributed by atoms with Crippen molar-refractivity contribution in [2.24, 2.45) is 0 Å². The molecule has 0 radical (unpaired) electrons. The van der Waals surface area contributed by atoms with Gasteiger partial charge >= 0.3 is 6.03 Å². The number of anilines is 1. The highest BCUT2D eigenvalue weighted by atomic mass is 16.2. The van der Waals surface area contributed by atoms with Gasteiger partial charge < -0.3 is 15.1 Å². The Morgan fingerprint density at radius 1 is 0.923 bits per heavy atom. The van der Waals surface area contributed by atoms with Crippen LogP contribution in [0.4, 0.5) is 10.5 Å². The summed E-state index contributed by atoms with van der Waals surface area (Å²) in [5.41, 5.74) is 2.03. The molecule has 4 rings (SSSR count). The maximum atomic E-state index is 13.1. The molecule has 0 bridgehead atoms. The van der Waals surface area contributed by atoms with E-state index in [2.05, 4.69) is 41.5 Å². The highest BCUT2D eigenvalue weighted by Crippen LogP contribution is 2.27. The first-order chi connectivity index (χ1) is 12.7. The van der Waals surface area contributed by atoms with E-state index in [1.807, 2.05) is 53.4 Å². The summed E-state index contributed by atoms with van der Waals surface area (Å²) in [4.78, 5) is 17.3. The van der Waals surface area contributed by atoms with Crippen molar-refractivity contribution >= 4 is 22.5 Å². The fourth-order valence-corrected chi connectivity index (χ4v) is 3.64. The molecule has 1 aliphatic rings. The zero-order chi connectivity index (χ0) is 17.9. The van der Waals surface area contributed by atoms with Crippen molar-refractivity contribution in [2.75, 3.05) is 32.0 Å². The smallest absolute Gasteiger partial charge is 0.315 e. The van der Waals surface area contributed by atoms with Gasteiger partial charge in [-0.1, -0.05) is 66.7 Å². The molecule has 132 valence electrons. The molecule has 1 atom stereocenters. The molecule has 0 spiro atoms. The number of carbonyl (C=O) groups is 1. The van der Waals surface area contributed by atoms with Gasteiger partial charge in [0.25, 0.3) is 0 Å². The summed E-state index contributed by atoms with van der Waals surface area (Å²) in [5.74, 6) is 0. The lowest BCUT2D eigenvalue weighted by atomic mass is 10.0. The van der Waals surface area contributed by atoms with Gasteiger partial charge in [0, 0.05) is 25.0 Å². The summed E-state index contributed by atoms with van der Waals surface area (Å²) in [7, 11) is 2.11. The van der Waals surface area contributed by atoms with E-state index in [0.29, 0.717) is 6.54 Å². The number of urea groups is 1. The van der Waals surface area contributed by atoms with Crippen molar-refractivity contribution in [3.63, 3.8) is 0 Å². The second-order valence-corrected chi connectivity index (χ2v) is 6.84. The third-order valence-corrected chi connectivity index (χ3v) is 5.06. The third-order valence-electron chi connectivity index (χ3n) is 5.06. The number of fused-ring (bicyclic) bond motifs is 1. The van der Waals surface area contributed by atoms with Gasteiger partial charge in [0.15, 0.2) is 0 Å². The van der Waals surface area contributed by atoms with Crippen LogP contribution in [0, 0.1) is 0 Å². The maximum absolute atomic E-state index is 13.1. The molecule has 0 aromatic heterocycles. The fourth-order valence-electron chi connectivity index (χ4n) is 3.64. The number of carbonyl (C=O) groups excluding carboxylic acids is 1. The van der Waals surface area contributed by atoms with Crippen LogP contribution in [0.15, 0.2) is 72.8 Å². The van der Waals surface area contributed by atoms with Crippen LogP contribution in [0.2, 0.25) is 0 Å². The Morgan fingerprint density at radius 2 is 1.65 bits per heavy atom. The highest BCUT2D eigenvalue weighted by molar-refractivity contribution is 6.01. The number of rotatable bonds is 2. The lowest BCUT2D eigenvalue weighted by Gasteiger charge is -2.40. The van der Waals surface area contributed by atoms with Gasteiger partial charge in [-0.25, -0.2) is 4.79 Å². The minimum Gasteiger partial charge on any atom is -0.315 e. The number of piperazine rings is 1. The van der Waals surface area contributed by atoms with Gasteiger partial charge in [0.1, 0.15) is 0 Å². The molecule has 4 nitrogen and oxygen atoms in total. The molecule has 4 heteroatoms. The van der Waals surface area contributed by atoms with E-state index < -0.39 is 0 Å². The first-order valence-corrected chi connectivity index (χ1v) is 9.01. The Hall–Kier alpha value is -2.85. The standard InChI is InChI=1S/C22H23N3O/c1-24-14-15-25(21(16-24)18-9-3-2-4-10-18)22(26)23-20-13-7-11-17-8-5-6-12-19(17)20/h2-13,21H,14-16H2,1H3,(H,23,26)/t21-/m1/s1. The molecule has 3 aromatic carbocycles. The van der Waals surface area contributed by atoms with Crippen LogP contribution in [-0.2, 0) is 0 Å². The topological polar surface area (TPSA) is 35.6 Å². The summed E-state index contributed by atoms with van der Waals surface area (Å²) in [5, 5.41) is 5.33. The van der Waals surface area contributed by atoms with Crippen LogP contribution >= 0.6 is 0 Å². The Balaban J connectivity index is 1.61. The van der Waals surface area contributed by atoms with Gasteiger partial charge in [0.05, 0.1) is 11.7 Å². The number of nitrogens with zero attached hydrogens (tertiary/aromatic N) is 2. The molecule has 1 fully saturated rings. The minimum atomic E-state index is -0.0386. The molecule has 1 N–H and O–H groups in total. The van der Waals surface area contributed by atoms with Crippen LogP contribution in [0.1, 0.15) is 11.6 Å². The van der Waals surface area contributed by atoms with E-state index in [-0.39, 0.29) is 12.1 Å². The summed E-state index contributed by atoms with van der Waals surface area (Å²) in [6.45, 7) is 2.44. The molecular weight excluding hydrogens is 322 g/mol. The van der Waals surface area contributed by atoms with Crippen molar-refractivity contribution in [2.45, 2.75) is 6.04 Å². The van der Waals surface area contributed by atoms with Gasteiger partial charge in [0.2, 0.25) is 0 Å². The van der Waals surface area contributed by atoms with Gasteiger partial charge in [-0.15, -0.1) is 0 Å². The van der Waals surface area contributed by atoms with Crippen LogP contribution in [-0.4, -0.2) is 42.5 Å². The molecule has 3 aromatic rings. The number of benzene rings is 3. The SMILES string of the molecule is CN1CCN(C(=O)Nc2cccc3ccccc23)[C@@H](c2ccccc2)C1. The highest BCUT2D eigenvalue weighted by Gasteiger charge is 2.30. The Labute approximate surface area is 154 Å². The van der Waals surface area contributed by atoms with Crippen molar-refractivity contribution in [3.05, 3.63) is 78.4 Å². The summed E-state index contributed by atoms with van der Waals surface area (Å²) in [6.07, 6.45) is 0. The van der Waals surface area contributed by atoms with E-state index in [1.165, 1.54) is 5.56 Å². The van der Waals surface area contributed by atoms with Crippen molar-refractivity contribution in [1.82, 2.24) is 9.80 Å². The van der Waals surface area contributed by atoms with E-state index in [9.17, 15) is 4.79 Å². The average Bonchev–Trinajstić information content (AvgIpc) is 2.69. The van der Waals surface area contributed by atoms with Crippen LogP contribution in [0.3, 0.4) is 0 Å². The molecule has 0 aliphatic carbocycles. The zero-order valence-corrected chi connectivity index (χ0v) is 14.9. The van der Waals surface area contributed by atoms with Crippen molar-refractivity contribution < 1.29 is 4.79 Å². The largest absolute Gasteiger partial charge is 0.322 e. The zero-order valence-electron chi connectivity index (χ0n) is 14.9. The van der Waals surface area contributed by atoms with Crippen LogP contribution in [0.5, 0.6) is 0 Å². The van der Waals surface area contributed by atoms with E-state index >= 15 is 0 Å². The molecular formula is C22H23N3O. The normalized spacial score (nSPS) is 18.0. The van der Waals surface area contributed by atoms with E-state index in [0.717, 1.165) is 29.5 Å². The molecule has 26 heavy (non-hydrogen) atoms. The minimum absolute atomic E-state index is 0.0386. The third kappa shape index (κ3) is 3.28. The Kier molecular flexibility index (Phi) is 4.59. The molecule has 1 heterocycles. The monoisotopic (exact) mass is 345 g/mol. The summed E-state index contributed by atoms with van der Waals surface area (Å²) < 4.78 is 0. The quantitative estimate of drug-likeness (QED) is 0.749. The van der Waals surface area contributed by atoms with Crippen LogP contribution in [0.25, 0.3) is 10.8 Å². The summed E-state index contributed by atoms with van der Waals surface area (Å²) in [6, 6.07) is 24.4. The number of likely N-dealkylation sites (N-methyl/N-ethyl adjacent to an activating group) is 1. The predicted molar refractivity (Wildman–Crippen MR) is 106 cm³/mol. The Morgan fingerprint density at radius 3 is 2.50 bits per heavy atom. The van der Waals surface area contributed by atoms with Crippen molar-refractivity contribution in [1.29, 1.82) is 0 Å². The molecule has 1 aliphatic heterocycles. The van der Waals surface area contributed by atoms with Gasteiger partial charge in [-0.3, -0.25) is 0 Å². The van der Waals surface area contributed by atoms with Crippen molar-refractivity contribution in [3.8, 4) is 0 Å². The van der Waals surface area contributed by atoms with Crippen LogP contribution < -0.4 is 5.32 Å². The fraction of sp³-hybridized carbons (Fsp3) is 0.227. The number of hydrogen-bond acceptors (Lipinski definition) is 2. The van der Waals surface area contributed by atoms with E-state index in [4.69, 9.17) is 0 Å².